The van der Waals surface area contributed by atoms with Crippen molar-refractivity contribution in [1.82, 2.24) is 5.32 Å². The van der Waals surface area contributed by atoms with Gasteiger partial charge in [0, 0.05) is 18.2 Å². The Morgan fingerprint density at radius 1 is 1.03 bits per heavy atom. The molecule has 2 atom stereocenters. The molecule has 1 aliphatic heterocycles. The van der Waals surface area contributed by atoms with Gasteiger partial charge >= 0.3 is 17.7 Å². The van der Waals surface area contributed by atoms with Crippen LogP contribution in [-0.4, -0.2) is 71.6 Å². The number of fused-ring (bicyclic) bond motifs is 1. The lowest BCUT2D eigenvalue weighted by molar-refractivity contribution is -0.202. The lowest BCUT2D eigenvalue weighted by Crippen LogP contribution is -2.55. The first-order chi connectivity index (χ1) is 17.7. The van der Waals surface area contributed by atoms with Crippen LogP contribution in [0.2, 0.25) is 0 Å². The van der Waals surface area contributed by atoms with Gasteiger partial charge in [-0.15, -0.1) is 0 Å². The van der Waals surface area contributed by atoms with Gasteiger partial charge in [-0.05, 0) is 63.1 Å². The van der Waals surface area contributed by atoms with E-state index in [2.05, 4.69) is 5.32 Å². The number of carbonyl (C=O) groups is 2. The maximum atomic E-state index is 12.5. The number of aliphatic hydroxyl groups is 2. The molecule has 0 unspecified atom stereocenters. The Bertz CT molecular complexity index is 1070. The van der Waals surface area contributed by atoms with Gasteiger partial charge in [0.1, 0.15) is 24.2 Å². The van der Waals surface area contributed by atoms with Crippen LogP contribution in [0.15, 0.2) is 36.4 Å². The van der Waals surface area contributed by atoms with Gasteiger partial charge < -0.3 is 44.3 Å². The molecule has 202 valence electrons. The SMILES string of the molecule is CCOC(=O)C1(C(=O)OCC)Oc2ccc(C[C@@H](C)NC[C@H](O)COc3ccc(O)c(CO)c3)cc2O1. The normalized spacial score (nSPS) is 15.1. The molecule has 2 aromatic carbocycles. The highest BCUT2D eigenvalue weighted by Gasteiger charge is 2.59. The number of phenols is 1. The van der Waals surface area contributed by atoms with E-state index in [-0.39, 0.29) is 56.3 Å². The monoisotopic (exact) mass is 519 g/mol. The van der Waals surface area contributed by atoms with Crippen LogP contribution in [0, 0.1) is 0 Å². The van der Waals surface area contributed by atoms with Crippen LogP contribution in [-0.2, 0) is 32.1 Å². The average molecular weight is 520 g/mol. The number of nitrogens with one attached hydrogen (secondary N) is 1. The number of aromatic hydroxyl groups is 1. The Hall–Kier alpha value is -3.54. The van der Waals surface area contributed by atoms with Gasteiger partial charge in [-0.1, -0.05) is 6.07 Å². The van der Waals surface area contributed by atoms with Crippen molar-refractivity contribution >= 4 is 11.9 Å². The predicted molar refractivity (Wildman–Crippen MR) is 130 cm³/mol. The molecule has 0 aliphatic carbocycles. The minimum absolute atomic E-state index is 0.0171. The van der Waals surface area contributed by atoms with E-state index < -0.39 is 23.8 Å². The zero-order valence-electron chi connectivity index (χ0n) is 21.1. The Morgan fingerprint density at radius 3 is 2.35 bits per heavy atom. The molecule has 3 rings (SSSR count). The van der Waals surface area contributed by atoms with Gasteiger partial charge in [-0.3, -0.25) is 0 Å². The average Bonchev–Trinajstić information content (AvgIpc) is 3.27. The largest absolute Gasteiger partial charge is 0.508 e. The first kappa shape index (κ1) is 28.0. The third-order valence-corrected chi connectivity index (χ3v) is 5.51. The highest BCUT2D eigenvalue weighted by molar-refractivity contribution is 6.03. The molecule has 0 saturated carbocycles. The van der Waals surface area contributed by atoms with Crippen LogP contribution in [0.3, 0.4) is 0 Å². The van der Waals surface area contributed by atoms with E-state index in [4.69, 9.17) is 23.7 Å². The van der Waals surface area contributed by atoms with Gasteiger partial charge in [0.05, 0.1) is 19.8 Å². The van der Waals surface area contributed by atoms with Crippen molar-refractivity contribution in [3.63, 3.8) is 0 Å². The Balaban J connectivity index is 1.54. The smallest absolute Gasteiger partial charge is 0.453 e. The molecule has 0 fully saturated rings. The number of aliphatic hydroxyl groups excluding tert-OH is 2. The fourth-order valence-electron chi connectivity index (χ4n) is 3.67. The molecule has 0 aromatic heterocycles. The minimum atomic E-state index is -2.34. The molecular weight excluding hydrogens is 486 g/mol. The summed E-state index contributed by atoms with van der Waals surface area (Å²) in [6, 6.07) is 9.50. The van der Waals surface area contributed by atoms with Crippen LogP contribution >= 0.6 is 0 Å². The third-order valence-electron chi connectivity index (χ3n) is 5.51. The zero-order valence-corrected chi connectivity index (χ0v) is 21.1. The van der Waals surface area contributed by atoms with Gasteiger partial charge in [0.15, 0.2) is 11.5 Å². The van der Waals surface area contributed by atoms with Crippen molar-refractivity contribution in [2.75, 3.05) is 26.4 Å². The van der Waals surface area contributed by atoms with Crippen molar-refractivity contribution in [1.29, 1.82) is 0 Å². The Labute approximate surface area is 214 Å². The highest BCUT2D eigenvalue weighted by Crippen LogP contribution is 2.41. The quantitative estimate of drug-likeness (QED) is 0.225. The van der Waals surface area contributed by atoms with Crippen molar-refractivity contribution in [2.45, 2.75) is 51.7 Å². The molecular formula is C26H33NO10. The maximum absolute atomic E-state index is 12.5. The van der Waals surface area contributed by atoms with Crippen LogP contribution in [0.25, 0.3) is 0 Å². The molecule has 4 N–H and O–H groups in total. The zero-order chi connectivity index (χ0) is 27.0. The van der Waals surface area contributed by atoms with E-state index in [0.717, 1.165) is 5.56 Å². The van der Waals surface area contributed by atoms with E-state index in [9.17, 15) is 24.9 Å². The molecule has 0 amide bonds. The van der Waals surface area contributed by atoms with Crippen molar-refractivity contribution in [2.24, 2.45) is 0 Å². The summed E-state index contributed by atoms with van der Waals surface area (Å²) in [6.45, 7) is 5.17. The summed E-state index contributed by atoms with van der Waals surface area (Å²) in [5, 5.41) is 32.3. The van der Waals surface area contributed by atoms with E-state index in [1.165, 1.54) is 12.1 Å². The number of hydrogen-bond donors (Lipinski definition) is 4. The standard InChI is InChI=1S/C26H33NO10/c1-4-33-24(31)26(25(32)34-5-2)36-22-9-6-17(11-23(22)37-26)10-16(3)27-13-19(29)15-35-20-7-8-21(30)18(12-20)14-28/h6-9,11-12,16,19,27-30H,4-5,10,13-15H2,1-3H3/t16-,19+/m1/s1. The number of benzene rings is 2. The maximum Gasteiger partial charge on any atom is 0.453 e. The number of ether oxygens (including phenoxy) is 5. The fraction of sp³-hybridized carbons (Fsp3) is 0.462. The van der Waals surface area contributed by atoms with Crippen molar-refractivity contribution < 1.29 is 48.6 Å². The van der Waals surface area contributed by atoms with Crippen LogP contribution in [0.4, 0.5) is 0 Å². The van der Waals surface area contributed by atoms with Gasteiger partial charge in [-0.25, -0.2) is 9.59 Å². The van der Waals surface area contributed by atoms with E-state index in [1.54, 1.807) is 38.1 Å². The summed E-state index contributed by atoms with van der Waals surface area (Å²) in [4.78, 5) is 25.0. The third kappa shape index (κ3) is 6.82. The van der Waals surface area contributed by atoms with Gasteiger partial charge in [0.25, 0.3) is 0 Å². The molecule has 0 spiro atoms. The van der Waals surface area contributed by atoms with E-state index in [1.807, 2.05) is 6.92 Å². The topological polar surface area (TPSA) is 153 Å². The molecule has 0 radical (unpaired) electrons. The number of rotatable bonds is 13. The summed E-state index contributed by atoms with van der Waals surface area (Å²) >= 11 is 0. The molecule has 11 nitrogen and oxygen atoms in total. The lowest BCUT2D eigenvalue weighted by atomic mass is 10.1. The molecule has 11 heteroatoms. The second-order valence-electron chi connectivity index (χ2n) is 8.47. The van der Waals surface area contributed by atoms with Crippen molar-refractivity contribution in [3.8, 4) is 23.0 Å². The molecule has 37 heavy (non-hydrogen) atoms. The van der Waals surface area contributed by atoms with Gasteiger partial charge in [-0.2, -0.15) is 0 Å². The Morgan fingerprint density at radius 2 is 1.70 bits per heavy atom. The number of carbonyl (C=O) groups excluding carboxylic acids is 2. The predicted octanol–water partition coefficient (Wildman–Crippen LogP) is 1.44. The summed E-state index contributed by atoms with van der Waals surface area (Å²) in [5.74, 6) is -3.48. The van der Waals surface area contributed by atoms with Gasteiger partial charge in [0.2, 0.25) is 0 Å². The first-order valence-electron chi connectivity index (χ1n) is 12.0. The first-order valence-corrected chi connectivity index (χ1v) is 12.0. The molecule has 1 heterocycles. The van der Waals surface area contributed by atoms with Crippen LogP contribution in [0.5, 0.6) is 23.0 Å². The number of hydrogen-bond acceptors (Lipinski definition) is 11. The minimum Gasteiger partial charge on any atom is -0.508 e. The summed E-state index contributed by atoms with van der Waals surface area (Å²) < 4.78 is 26.8. The summed E-state index contributed by atoms with van der Waals surface area (Å²) in [6.07, 6.45) is -0.256. The molecule has 0 bridgehead atoms. The van der Waals surface area contributed by atoms with Crippen LogP contribution in [0.1, 0.15) is 31.9 Å². The van der Waals surface area contributed by atoms with Crippen molar-refractivity contribution in [3.05, 3.63) is 47.5 Å². The summed E-state index contributed by atoms with van der Waals surface area (Å²) in [5.41, 5.74) is 1.18. The highest BCUT2D eigenvalue weighted by atomic mass is 16.8. The molecule has 0 saturated heterocycles. The molecule has 1 aliphatic rings. The fourth-order valence-corrected chi connectivity index (χ4v) is 3.67. The Kier molecular flexibility index (Phi) is 9.56. The summed E-state index contributed by atoms with van der Waals surface area (Å²) in [7, 11) is 0. The lowest BCUT2D eigenvalue weighted by Gasteiger charge is -2.22. The van der Waals surface area contributed by atoms with E-state index in [0.29, 0.717) is 17.7 Å². The number of esters is 2. The molecule has 2 aromatic rings. The second-order valence-corrected chi connectivity index (χ2v) is 8.47. The second kappa shape index (κ2) is 12.6. The van der Waals surface area contributed by atoms with Crippen LogP contribution < -0.4 is 19.5 Å². The van der Waals surface area contributed by atoms with E-state index >= 15 is 0 Å².